The van der Waals surface area contributed by atoms with Crippen molar-refractivity contribution in [1.82, 2.24) is 4.98 Å². The maximum atomic E-state index is 12.4. The van der Waals surface area contributed by atoms with E-state index in [4.69, 9.17) is 0 Å². The summed E-state index contributed by atoms with van der Waals surface area (Å²) in [6.45, 7) is 7.48. The van der Waals surface area contributed by atoms with Crippen LogP contribution >= 0.6 is 0 Å². The molecule has 0 aliphatic heterocycles. The van der Waals surface area contributed by atoms with Crippen LogP contribution in [0.5, 0.6) is 0 Å². The van der Waals surface area contributed by atoms with Crippen molar-refractivity contribution < 1.29 is 9.90 Å². The number of hydrogen-bond donors (Lipinski definition) is 2. The zero-order valence-corrected chi connectivity index (χ0v) is 13.5. The Morgan fingerprint density at radius 2 is 2.04 bits per heavy atom. The Labute approximate surface area is 137 Å². The molecule has 0 aliphatic rings. The van der Waals surface area contributed by atoms with Crippen molar-refractivity contribution in [1.29, 1.82) is 0 Å². The molecule has 0 amide bonds. The van der Waals surface area contributed by atoms with Crippen molar-refractivity contribution in [3.05, 3.63) is 61.3 Å². The van der Waals surface area contributed by atoms with Gasteiger partial charge in [0.05, 0.1) is 11.8 Å². The minimum atomic E-state index is -0.442. The monoisotopic (exact) mass is 311 g/mol. The Hall–Kier alpha value is -2.13. The van der Waals surface area contributed by atoms with E-state index in [0.29, 0.717) is 25.0 Å². The van der Waals surface area contributed by atoms with E-state index >= 15 is 0 Å². The molecule has 1 aromatic heterocycles. The van der Waals surface area contributed by atoms with Crippen LogP contribution in [0.4, 0.5) is 0 Å². The summed E-state index contributed by atoms with van der Waals surface area (Å²) < 4.78 is 0. The fourth-order valence-electron chi connectivity index (χ4n) is 2.81. The maximum absolute atomic E-state index is 12.4. The van der Waals surface area contributed by atoms with E-state index in [-0.39, 0.29) is 11.7 Å². The Morgan fingerprint density at radius 3 is 2.74 bits per heavy atom. The molecule has 122 valence electrons. The first-order valence-corrected chi connectivity index (χ1v) is 8.18. The molecule has 0 aliphatic carbocycles. The van der Waals surface area contributed by atoms with Crippen LogP contribution in [0.2, 0.25) is 0 Å². The number of aromatic nitrogens is 1. The molecule has 0 bridgehead atoms. The number of para-hydroxylation sites is 1. The molecule has 2 atom stereocenters. The van der Waals surface area contributed by atoms with E-state index in [2.05, 4.69) is 18.1 Å². The van der Waals surface area contributed by atoms with Gasteiger partial charge in [0.15, 0.2) is 5.78 Å². The lowest BCUT2D eigenvalue weighted by Crippen LogP contribution is -2.19. The van der Waals surface area contributed by atoms with Gasteiger partial charge in [-0.05, 0) is 37.8 Å². The van der Waals surface area contributed by atoms with Gasteiger partial charge in [0, 0.05) is 23.2 Å². The van der Waals surface area contributed by atoms with Crippen molar-refractivity contribution in [3.8, 4) is 0 Å². The molecule has 1 aromatic carbocycles. The van der Waals surface area contributed by atoms with Gasteiger partial charge in [-0.1, -0.05) is 30.4 Å². The van der Waals surface area contributed by atoms with E-state index in [1.54, 1.807) is 6.08 Å². The van der Waals surface area contributed by atoms with Crippen LogP contribution in [-0.2, 0) is 0 Å². The standard InChI is InChI=1S/C20H25NO2/c1-3-5-6-11-19(22)15(4-2)12-13-20(23)18-14-16-9-7-8-10-17(16)21-18/h3-4,7-10,14-15,19,21-22H,1-2,5-6,11-13H2/t15-,19-/m1/s1. The second-order valence-electron chi connectivity index (χ2n) is 5.92. The number of rotatable bonds is 10. The third-order valence-corrected chi connectivity index (χ3v) is 4.24. The molecule has 0 radical (unpaired) electrons. The number of allylic oxidation sites excluding steroid dienone is 1. The lowest BCUT2D eigenvalue weighted by molar-refractivity contribution is 0.0922. The maximum Gasteiger partial charge on any atom is 0.179 e. The zero-order chi connectivity index (χ0) is 16.7. The van der Waals surface area contributed by atoms with Crippen LogP contribution < -0.4 is 0 Å². The van der Waals surface area contributed by atoms with Crippen LogP contribution in [0.25, 0.3) is 10.9 Å². The summed E-state index contributed by atoms with van der Waals surface area (Å²) in [5.41, 5.74) is 1.61. The summed E-state index contributed by atoms with van der Waals surface area (Å²) in [7, 11) is 0. The first-order valence-electron chi connectivity index (χ1n) is 8.18. The van der Waals surface area contributed by atoms with Gasteiger partial charge in [-0.25, -0.2) is 0 Å². The Morgan fingerprint density at radius 1 is 1.26 bits per heavy atom. The normalized spacial score (nSPS) is 13.6. The second-order valence-corrected chi connectivity index (χ2v) is 5.92. The summed E-state index contributed by atoms with van der Waals surface area (Å²) in [5, 5.41) is 11.3. The number of unbranched alkanes of at least 4 members (excludes halogenated alkanes) is 1. The van der Waals surface area contributed by atoms with Crippen LogP contribution in [0, 0.1) is 5.92 Å². The van der Waals surface area contributed by atoms with Crippen molar-refractivity contribution in [2.75, 3.05) is 0 Å². The topological polar surface area (TPSA) is 53.1 Å². The van der Waals surface area contributed by atoms with E-state index in [1.807, 2.05) is 36.4 Å². The van der Waals surface area contributed by atoms with Crippen LogP contribution in [0.15, 0.2) is 55.6 Å². The van der Waals surface area contributed by atoms with Gasteiger partial charge in [0.2, 0.25) is 0 Å². The Kier molecular flexibility index (Phi) is 6.36. The third-order valence-electron chi connectivity index (χ3n) is 4.24. The molecule has 1 heterocycles. The number of fused-ring (bicyclic) bond motifs is 1. The highest BCUT2D eigenvalue weighted by Gasteiger charge is 2.18. The Balaban J connectivity index is 1.91. The smallest absolute Gasteiger partial charge is 0.179 e. The summed E-state index contributed by atoms with van der Waals surface area (Å²) >= 11 is 0. The largest absolute Gasteiger partial charge is 0.393 e. The van der Waals surface area contributed by atoms with Gasteiger partial charge in [0.25, 0.3) is 0 Å². The van der Waals surface area contributed by atoms with Crippen molar-refractivity contribution in [2.24, 2.45) is 5.92 Å². The summed E-state index contributed by atoms with van der Waals surface area (Å²) in [6, 6.07) is 9.74. The van der Waals surface area contributed by atoms with Crippen molar-refractivity contribution >= 4 is 16.7 Å². The first-order chi connectivity index (χ1) is 11.2. The number of hydrogen-bond acceptors (Lipinski definition) is 2. The molecule has 0 saturated carbocycles. The molecule has 0 saturated heterocycles. The Bertz CT molecular complexity index is 638. The predicted octanol–water partition coefficient (Wildman–Crippen LogP) is 4.65. The average Bonchev–Trinajstić information content (AvgIpc) is 2.99. The minimum absolute atomic E-state index is 0.0480. The molecule has 23 heavy (non-hydrogen) atoms. The van der Waals surface area contributed by atoms with Gasteiger partial charge >= 0.3 is 0 Å². The van der Waals surface area contributed by atoms with E-state index in [1.165, 1.54) is 0 Å². The number of carbonyl (C=O) groups excluding carboxylic acids is 1. The molecule has 2 aromatic rings. The lowest BCUT2D eigenvalue weighted by atomic mass is 9.92. The fraction of sp³-hybridized carbons (Fsp3) is 0.350. The molecule has 0 unspecified atom stereocenters. The average molecular weight is 311 g/mol. The van der Waals surface area contributed by atoms with Crippen LogP contribution in [0.1, 0.15) is 42.6 Å². The highest BCUT2D eigenvalue weighted by atomic mass is 16.3. The summed E-state index contributed by atoms with van der Waals surface area (Å²) in [5.74, 6) is 0.0273. The number of aliphatic hydroxyl groups excluding tert-OH is 1. The highest BCUT2D eigenvalue weighted by Crippen LogP contribution is 2.21. The van der Waals surface area contributed by atoms with Gasteiger partial charge in [0.1, 0.15) is 0 Å². The number of carbonyl (C=O) groups is 1. The highest BCUT2D eigenvalue weighted by molar-refractivity contribution is 5.99. The van der Waals surface area contributed by atoms with Gasteiger partial charge in [-0.3, -0.25) is 4.79 Å². The van der Waals surface area contributed by atoms with Gasteiger partial charge in [-0.15, -0.1) is 13.2 Å². The molecule has 0 spiro atoms. The van der Waals surface area contributed by atoms with Crippen molar-refractivity contribution in [2.45, 2.75) is 38.2 Å². The third kappa shape index (κ3) is 4.67. The summed E-state index contributed by atoms with van der Waals surface area (Å²) in [4.78, 5) is 15.5. The number of Topliss-reactive ketones (excluding diaryl/α,β-unsaturated/α-hetero) is 1. The van der Waals surface area contributed by atoms with E-state index < -0.39 is 6.10 Å². The number of nitrogens with one attached hydrogen (secondary N) is 1. The fourth-order valence-corrected chi connectivity index (χ4v) is 2.81. The quantitative estimate of drug-likeness (QED) is 0.381. The molecule has 0 fully saturated rings. The van der Waals surface area contributed by atoms with E-state index in [9.17, 15) is 9.90 Å². The minimum Gasteiger partial charge on any atom is -0.393 e. The van der Waals surface area contributed by atoms with Gasteiger partial charge < -0.3 is 10.1 Å². The number of benzene rings is 1. The number of aromatic amines is 1. The predicted molar refractivity (Wildman–Crippen MR) is 95.6 cm³/mol. The number of ketones is 1. The lowest BCUT2D eigenvalue weighted by Gasteiger charge is -2.19. The molecule has 3 nitrogen and oxygen atoms in total. The van der Waals surface area contributed by atoms with Gasteiger partial charge in [-0.2, -0.15) is 0 Å². The molecule has 2 rings (SSSR count). The molecule has 2 N–H and O–H groups in total. The van der Waals surface area contributed by atoms with Crippen molar-refractivity contribution in [3.63, 3.8) is 0 Å². The first kappa shape index (κ1) is 17.2. The number of aliphatic hydroxyl groups is 1. The van der Waals surface area contributed by atoms with Crippen LogP contribution in [0.3, 0.4) is 0 Å². The SMILES string of the molecule is C=CCCC[C@@H](O)[C@H](C=C)CCC(=O)c1cc2ccccc2[nH]1. The molecular weight excluding hydrogens is 286 g/mol. The molecule has 3 heteroatoms. The number of H-pyrrole nitrogens is 1. The molecular formula is C20H25NO2. The van der Waals surface area contributed by atoms with E-state index in [0.717, 1.165) is 23.7 Å². The summed E-state index contributed by atoms with van der Waals surface area (Å²) in [6.07, 6.45) is 6.72. The van der Waals surface area contributed by atoms with Crippen LogP contribution in [-0.4, -0.2) is 22.0 Å². The second kappa shape index (κ2) is 8.49. The zero-order valence-electron chi connectivity index (χ0n) is 13.5.